The Morgan fingerprint density at radius 1 is 1.12 bits per heavy atom. The monoisotopic (exact) mass is 232 g/mol. The number of unbranched alkanes of at least 4 members (excludes halogenated alkanes) is 1. The molecule has 0 aromatic carbocycles. The van der Waals surface area contributed by atoms with E-state index in [4.69, 9.17) is 15.9 Å². The molecule has 4 N–H and O–H groups in total. The lowest BCUT2D eigenvalue weighted by Crippen LogP contribution is -2.35. The number of aliphatic carboxylic acids is 2. The highest BCUT2D eigenvalue weighted by molar-refractivity contribution is 5.73. The largest absolute Gasteiger partial charge is 0.480 e. The smallest absolute Gasteiger partial charge is 0.320 e. The van der Waals surface area contributed by atoms with Crippen molar-refractivity contribution in [3.05, 3.63) is 0 Å². The first-order valence-corrected chi connectivity index (χ1v) is 5.24. The third-order valence-corrected chi connectivity index (χ3v) is 2.47. The second kappa shape index (κ2) is 7.19. The van der Waals surface area contributed by atoms with Crippen molar-refractivity contribution in [2.45, 2.75) is 37.8 Å². The Morgan fingerprint density at radius 3 is 2.00 bits per heavy atom. The Morgan fingerprint density at radius 2 is 1.62 bits per heavy atom. The molecule has 0 aliphatic rings. The zero-order chi connectivity index (χ0) is 12.7. The van der Waals surface area contributed by atoms with Crippen LogP contribution in [0.25, 0.3) is 0 Å². The fourth-order valence-electron chi connectivity index (χ4n) is 1.43. The van der Waals surface area contributed by atoms with Crippen LogP contribution in [0.1, 0.15) is 25.7 Å². The van der Waals surface area contributed by atoms with Gasteiger partial charge in [0.05, 0.1) is 0 Å². The molecule has 0 heterocycles. The third kappa shape index (κ3) is 5.67. The number of carboxylic acid groups (broad SMARTS) is 2. The Balaban J connectivity index is 3.79. The maximum atomic E-state index is 10.8. The number of rotatable bonds is 8. The number of hydrogen-bond donors (Lipinski definition) is 3. The molecule has 6 nitrogen and oxygen atoms in total. The Kier molecular flexibility index (Phi) is 6.67. The van der Waals surface area contributed by atoms with Crippen molar-refractivity contribution in [2.24, 2.45) is 5.73 Å². The van der Waals surface area contributed by atoms with Crippen molar-refractivity contribution < 1.29 is 19.8 Å². The van der Waals surface area contributed by atoms with Gasteiger partial charge >= 0.3 is 11.9 Å². The van der Waals surface area contributed by atoms with Crippen LogP contribution in [0.5, 0.6) is 0 Å². The van der Waals surface area contributed by atoms with Crippen LogP contribution in [0.4, 0.5) is 0 Å². The average molecular weight is 232 g/mol. The van der Waals surface area contributed by atoms with Crippen LogP contribution in [-0.2, 0) is 9.59 Å². The van der Waals surface area contributed by atoms with E-state index in [0.717, 1.165) is 0 Å². The molecule has 6 heteroatoms. The fraction of sp³-hybridized carbons (Fsp3) is 0.800. The molecule has 2 atom stereocenters. The van der Waals surface area contributed by atoms with Gasteiger partial charge in [-0.15, -0.1) is 0 Å². The number of hydrogen-bond acceptors (Lipinski definition) is 4. The summed E-state index contributed by atoms with van der Waals surface area (Å²) in [5.41, 5.74) is 5.33. The molecule has 16 heavy (non-hydrogen) atoms. The summed E-state index contributed by atoms with van der Waals surface area (Å²) in [7, 11) is 3.42. The summed E-state index contributed by atoms with van der Waals surface area (Å²) in [4.78, 5) is 22.9. The minimum Gasteiger partial charge on any atom is -0.480 e. The second-order valence-electron chi connectivity index (χ2n) is 4.05. The quantitative estimate of drug-likeness (QED) is 0.508. The van der Waals surface area contributed by atoms with Crippen LogP contribution in [0.2, 0.25) is 0 Å². The molecule has 2 unspecified atom stereocenters. The lowest BCUT2D eigenvalue weighted by Gasteiger charge is -2.19. The van der Waals surface area contributed by atoms with Gasteiger partial charge in [0.15, 0.2) is 0 Å². The van der Waals surface area contributed by atoms with Gasteiger partial charge in [-0.1, -0.05) is 12.8 Å². The molecule has 0 aromatic heterocycles. The zero-order valence-electron chi connectivity index (χ0n) is 9.72. The van der Waals surface area contributed by atoms with E-state index in [9.17, 15) is 9.59 Å². The van der Waals surface area contributed by atoms with Gasteiger partial charge in [-0.2, -0.15) is 0 Å². The van der Waals surface area contributed by atoms with E-state index in [1.54, 1.807) is 19.0 Å². The van der Waals surface area contributed by atoms with Gasteiger partial charge < -0.3 is 15.9 Å². The van der Waals surface area contributed by atoms with Crippen LogP contribution in [0.15, 0.2) is 0 Å². The lowest BCUT2D eigenvalue weighted by atomic mass is 10.0. The maximum Gasteiger partial charge on any atom is 0.320 e. The van der Waals surface area contributed by atoms with E-state index >= 15 is 0 Å². The van der Waals surface area contributed by atoms with Crippen molar-refractivity contribution in [2.75, 3.05) is 14.1 Å². The van der Waals surface area contributed by atoms with E-state index in [2.05, 4.69) is 0 Å². The van der Waals surface area contributed by atoms with E-state index in [-0.39, 0.29) is 0 Å². The van der Waals surface area contributed by atoms with Gasteiger partial charge in [-0.05, 0) is 26.9 Å². The predicted octanol–water partition coefficient (Wildman–Crippen LogP) is -0.0265. The van der Waals surface area contributed by atoms with Gasteiger partial charge in [0.1, 0.15) is 12.1 Å². The molecule has 0 aliphatic heterocycles. The summed E-state index contributed by atoms with van der Waals surface area (Å²) in [6.07, 6.45) is 2.19. The highest BCUT2D eigenvalue weighted by atomic mass is 16.4. The topological polar surface area (TPSA) is 104 Å². The summed E-state index contributed by atoms with van der Waals surface area (Å²) in [6, 6.07) is -1.36. The maximum absolute atomic E-state index is 10.8. The van der Waals surface area contributed by atoms with Crippen LogP contribution in [-0.4, -0.2) is 53.2 Å². The van der Waals surface area contributed by atoms with Gasteiger partial charge in [0.2, 0.25) is 0 Å². The van der Waals surface area contributed by atoms with E-state index < -0.39 is 24.0 Å². The predicted molar refractivity (Wildman–Crippen MR) is 59.2 cm³/mol. The number of carboxylic acids is 2. The molecule has 0 spiro atoms. The summed E-state index contributed by atoms with van der Waals surface area (Å²) >= 11 is 0. The van der Waals surface area contributed by atoms with Crippen molar-refractivity contribution >= 4 is 11.9 Å². The molecule has 0 saturated heterocycles. The van der Waals surface area contributed by atoms with E-state index in [1.165, 1.54) is 0 Å². The molecule has 0 aliphatic carbocycles. The second-order valence-corrected chi connectivity index (χ2v) is 4.05. The third-order valence-electron chi connectivity index (χ3n) is 2.47. The van der Waals surface area contributed by atoms with Gasteiger partial charge in [-0.3, -0.25) is 14.5 Å². The first-order chi connectivity index (χ1) is 7.36. The number of nitrogens with two attached hydrogens (primary N) is 1. The van der Waals surface area contributed by atoms with Crippen LogP contribution >= 0.6 is 0 Å². The lowest BCUT2D eigenvalue weighted by molar-refractivity contribution is -0.143. The normalized spacial score (nSPS) is 14.8. The van der Waals surface area contributed by atoms with Crippen molar-refractivity contribution in [1.29, 1.82) is 0 Å². The molecular weight excluding hydrogens is 212 g/mol. The molecule has 0 fully saturated rings. The average Bonchev–Trinajstić information content (AvgIpc) is 2.15. The van der Waals surface area contributed by atoms with Crippen LogP contribution in [0, 0.1) is 0 Å². The number of nitrogens with zero attached hydrogens (tertiary/aromatic N) is 1. The minimum atomic E-state index is -1.01. The SMILES string of the molecule is CN(C)C(CCCCC(N)C(=O)O)C(=O)O. The Hall–Kier alpha value is -1.14. The zero-order valence-corrected chi connectivity index (χ0v) is 9.72. The fourth-order valence-corrected chi connectivity index (χ4v) is 1.43. The van der Waals surface area contributed by atoms with Crippen molar-refractivity contribution in [1.82, 2.24) is 4.90 Å². The summed E-state index contributed by atoms with van der Waals surface area (Å²) in [5, 5.41) is 17.4. The summed E-state index contributed by atoms with van der Waals surface area (Å²) < 4.78 is 0. The van der Waals surface area contributed by atoms with Gasteiger partial charge in [0, 0.05) is 0 Å². The highest BCUT2D eigenvalue weighted by Crippen LogP contribution is 2.09. The molecule has 94 valence electrons. The molecule has 0 rings (SSSR count). The van der Waals surface area contributed by atoms with Crippen molar-refractivity contribution in [3.63, 3.8) is 0 Å². The van der Waals surface area contributed by atoms with Gasteiger partial charge in [0.25, 0.3) is 0 Å². The Bertz CT molecular complexity index is 243. The van der Waals surface area contributed by atoms with E-state index in [1.807, 2.05) is 0 Å². The molecule has 0 aromatic rings. The van der Waals surface area contributed by atoms with Crippen LogP contribution < -0.4 is 5.73 Å². The van der Waals surface area contributed by atoms with E-state index in [0.29, 0.717) is 25.7 Å². The first-order valence-electron chi connectivity index (χ1n) is 5.24. The molecule has 0 radical (unpaired) electrons. The summed E-state index contributed by atoms with van der Waals surface area (Å²) in [5.74, 6) is -1.87. The summed E-state index contributed by atoms with van der Waals surface area (Å²) in [6.45, 7) is 0. The molecule has 0 saturated carbocycles. The number of likely N-dealkylation sites (N-methyl/N-ethyl adjacent to an activating group) is 1. The van der Waals surface area contributed by atoms with Crippen LogP contribution in [0.3, 0.4) is 0 Å². The first kappa shape index (κ1) is 14.9. The standard InChI is InChI=1S/C10H20N2O4/c1-12(2)8(10(15)16)6-4-3-5-7(11)9(13)14/h7-8H,3-6,11H2,1-2H3,(H,13,14)(H,15,16). The van der Waals surface area contributed by atoms with Gasteiger partial charge in [-0.25, -0.2) is 0 Å². The molecule has 0 bridgehead atoms. The Labute approximate surface area is 95.0 Å². The minimum absolute atomic E-state index is 0.384. The molecule has 0 amide bonds. The number of carbonyl (C=O) groups is 2. The highest BCUT2D eigenvalue weighted by Gasteiger charge is 2.19. The van der Waals surface area contributed by atoms with Crippen molar-refractivity contribution in [3.8, 4) is 0 Å². The molecular formula is C10H20N2O4.